The zero-order chi connectivity index (χ0) is 17.1. The molecule has 1 aliphatic rings. The molecule has 0 atom stereocenters. The van der Waals surface area contributed by atoms with Crippen molar-refractivity contribution in [3.63, 3.8) is 0 Å². The number of hydrogen-bond donors (Lipinski definition) is 1. The second-order valence-electron chi connectivity index (χ2n) is 5.99. The summed E-state index contributed by atoms with van der Waals surface area (Å²) in [6, 6.07) is 12.5. The molecule has 1 fully saturated rings. The van der Waals surface area contributed by atoms with Gasteiger partial charge in [0.15, 0.2) is 0 Å². The molecule has 0 radical (unpaired) electrons. The predicted octanol–water partition coefficient (Wildman–Crippen LogP) is 4.25. The maximum Gasteiger partial charge on any atom is 0.255 e. The van der Waals surface area contributed by atoms with E-state index in [9.17, 15) is 9.59 Å². The van der Waals surface area contributed by atoms with Gasteiger partial charge in [-0.2, -0.15) is 0 Å². The number of carbonyl (C=O) groups is 2. The summed E-state index contributed by atoms with van der Waals surface area (Å²) >= 11 is 3.44. The molecule has 0 aliphatic carbocycles. The van der Waals surface area contributed by atoms with Gasteiger partial charge in [0.25, 0.3) is 11.8 Å². The van der Waals surface area contributed by atoms with Crippen molar-refractivity contribution in [2.45, 2.75) is 19.8 Å². The van der Waals surface area contributed by atoms with Crippen molar-refractivity contribution in [2.75, 3.05) is 18.4 Å². The molecule has 0 aromatic heterocycles. The fourth-order valence-electron chi connectivity index (χ4n) is 2.79. The number of aryl methyl sites for hydroxylation is 1. The highest BCUT2D eigenvalue weighted by atomic mass is 79.9. The summed E-state index contributed by atoms with van der Waals surface area (Å²) in [5.41, 5.74) is 2.97. The van der Waals surface area contributed by atoms with Crippen LogP contribution >= 0.6 is 15.9 Å². The molecule has 2 aromatic rings. The van der Waals surface area contributed by atoms with Crippen LogP contribution in [0, 0.1) is 6.92 Å². The fourth-order valence-corrected chi connectivity index (χ4v) is 3.04. The van der Waals surface area contributed by atoms with Gasteiger partial charge in [-0.3, -0.25) is 9.59 Å². The van der Waals surface area contributed by atoms with Gasteiger partial charge in [-0.15, -0.1) is 0 Å². The highest BCUT2D eigenvalue weighted by Crippen LogP contribution is 2.21. The summed E-state index contributed by atoms with van der Waals surface area (Å²) in [6.07, 6.45) is 2.14. The van der Waals surface area contributed by atoms with E-state index in [2.05, 4.69) is 21.2 Å². The summed E-state index contributed by atoms with van der Waals surface area (Å²) in [5, 5.41) is 2.87. The minimum atomic E-state index is -0.183. The minimum absolute atomic E-state index is 0.0444. The van der Waals surface area contributed by atoms with Crippen LogP contribution in [0.2, 0.25) is 0 Å². The Bertz CT molecular complexity index is 765. The number of anilines is 1. The molecule has 1 N–H and O–H groups in total. The van der Waals surface area contributed by atoms with Crippen LogP contribution in [0.25, 0.3) is 0 Å². The standard InChI is InChI=1S/C19H19BrN2O2/c1-13-12-16(8-9-17(13)20)21-18(23)14-4-6-15(7-5-14)19(24)22-10-2-3-11-22/h4-9,12H,2-3,10-11H2,1H3,(H,21,23). The van der Waals surface area contributed by atoms with Gasteiger partial charge in [-0.05, 0) is 67.8 Å². The lowest BCUT2D eigenvalue weighted by molar-refractivity contribution is 0.0792. The molecule has 0 unspecified atom stereocenters. The Kier molecular flexibility index (Phi) is 5.00. The fraction of sp³-hybridized carbons (Fsp3) is 0.263. The number of nitrogens with zero attached hydrogens (tertiary/aromatic N) is 1. The summed E-state index contributed by atoms with van der Waals surface area (Å²) in [6.45, 7) is 3.62. The monoisotopic (exact) mass is 386 g/mol. The Hall–Kier alpha value is -2.14. The molecule has 3 rings (SSSR count). The molecule has 1 heterocycles. The first kappa shape index (κ1) is 16.7. The van der Waals surface area contributed by atoms with E-state index in [1.807, 2.05) is 30.0 Å². The lowest BCUT2D eigenvalue weighted by Gasteiger charge is -2.15. The van der Waals surface area contributed by atoms with Gasteiger partial charge >= 0.3 is 0 Å². The van der Waals surface area contributed by atoms with Crippen molar-refractivity contribution in [1.82, 2.24) is 4.90 Å². The van der Waals surface area contributed by atoms with Crippen LogP contribution in [0.1, 0.15) is 39.1 Å². The van der Waals surface area contributed by atoms with Crippen LogP contribution in [-0.2, 0) is 0 Å². The number of rotatable bonds is 3. The molecule has 2 aromatic carbocycles. The van der Waals surface area contributed by atoms with E-state index in [-0.39, 0.29) is 11.8 Å². The highest BCUT2D eigenvalue weighted by Gasteiger charge is 2.19. The number of amides is 2. The van der Waals surface area contributed by atoms with E-state index in [1.54, 1.807) is 24.3 Å². The van der Waals surface area contributed by atoms with Crippen LogP contribution in [0.15, 0.2) is 46.9 Å². The number of benzene rings is 2. The molecule has 24 heavy (non-hydrogen) atoms. The van der Waals surface area contributed by atoms with E-state index in [4.69, 9.17) is 0 Å². The SMILES string of the molecule is Cc1cc(NC(=O)c2ccc(C(=O)N3CCCC3)cc2)ccc1Br. The van der Waals surface area contributed by atoms with Crippen LogP contribution in [-0.4, -0.2) is 29.8 Å². The lowest BCUT2D eigenvalue weighted by Crippen LogP contribution is -2.27. The first-order valence-corrected chi connectivity index (χ1v) is 8.81. The molecule has 0 bridgehead atoms. The third-order valence-corrected chi connectivity index (χ3v) is 5.09. The Morgan fingerprint density at radius 1 is 1.00 bits per heavy atom. The number of hydrogen-bond acceptors (Lipinski definition) is 2. The first-order chi connectivity index (χ1) is 11.5. The summed E-state index contributed by atoms with van der Waals surface area (Å²) < 4.78 is 1.00. The Labute approximate surface area is 150 Å². The number of halogens is 1. The lowest BCUT2D eigenvalue weighted by atomic mass is 10.1. The van der Waals surface area contributed by atoms with Crippen molar-refractivity contribution < 1.29 is 9.59 Å². The molecular formula is C19H19BrN2O2. The van der Waals surface area contributed by atoms with Gasteiger partial charge in [0.1, 0.15) is 0 Å². The molecule has 2 amide bonds. The second kappa shape index (κ2) is 7.18. The van der Waals surface area contributed by atoms with Gasteiger partial charge in [-0.25, -0.2) is 0 Å². The normalized spacial score (nSPS) is 13.8. The molecule has 0 spiro atoms. The van der Waals surface area contributed by atoms with Crippen LogP contribution in [0.5, 0.6) is 0 Å². The average molecular weight is 387 g/mol. The summed E-state index contributed by atoms with van der Waals surface area (Å²) in [5.74, 6) is -0.139. The number of nitrogens with one attached hydrogen (secondary N) is 1. The van der Waals surface area contributed by atoms with Gasteiger partial charge in [0, 0.05) is 34.4 Å². The predicted molar refractivity (Wildman–Crippen MR) is 98.4 cm³/mol. The molecule has 5 heteroatoms. The number of likely N-dealkylation sites (tertiary alicyclic amines) is 1. The van der Waals surface area contributed by atoms with Crippen LogP contribution in [0.4, 0.5) is 5.69 Å². The van der Waals surface area contributed by atoms with E-state index < -0.39 is 0 Å². The van der Waals surface area contributed by atoms with Gasteiger partial charge in [0.05, 0.1) is 0 Å². The zero-order valence-corrected chi connectivity index (χ0v) is 15.1. The maximum absolute atomic E-state index is 12.3. The van der Waals surface area contributed by atoms with Crippen LogP contribution < -0.4 is 5.32 Å². The van der Waals surface area contributed by atoms with Gasteiger partial charge in [0.2, 0.25) is 0 Å². The van der Waals surface area contributed by atoms with Crippen molar-refractivity contribution in [1.29, 1.82) is 0 Å². The van der Waals surface area contributed by atoms with E-state index in [0.717, 1.165) is 41.7 Å². The molecule has 124 valence electrons. The van der Waals surface area contributed by atoms with Gasteiger partial charge < -0.3 is 10.2 Å². The highest BCUT2D eigenvalue weighted by molar-refractivity contribution is 9.10. The molecule has 1 saturated heterocycles. The third-order valence-electron chi connectivity index (χ3n) is 4.20. The molecular weight excluding hydrogens is 368 g/mol. The summed E-state index contributed by atoms with van der Waals surface area (Å²) in [4.78, 5) is 26.5. The van der Waals surface area contributed by atoms with Crippen LogP contribution in [0.3, 0.4) is 0 Å². The third kappa shape index (κ3) is 3.67. The van der Waals surface area contributed by atoms with E-state index >= 15 is 0 Å². The topological polar surface area (TPSA) is 49.4 Å². The van der Waals surface area contributed by atoms with Crippen molar-refractivity contribution in [3.8, 4) is 0 Å². The number of carbonyl (C=O) groups excluding carboxylic acids is 2. The van der Waals surface area contributed by atoms with Gasteiger partial charge in [-0.1, -0.05) is 15.9 Å². The second-order valence-corrected chi connectivity index (χ2v) is 6.85. The van der Waals surface area contributed by atoms with Crippen molar-refractivity contribution in [2.24, 2.45) is 0 Å². The Morgan fingerprint density at radius 3 is 2.25 bits per heavy atom. The van der Waals surface area contributed by atoms with E-state index in [1.165, 1.54) is 0 Å². The maximum atomic E-state index is 12.3. The quantitative estimate of drug-likeness (QED) is 0.856. The summed E-state index contributed by atoms with van der Waals surface area (Å²) in [7, 11) is 0. The minimum Gasteiger partial charge on any atom is -0.339 e. The Morgan fingerprint density at radius 2 is 1.62 bits per heavy atom. The zero-order valence-electron chi connectivity index (χ0n) is 13.5. The Balaban J connectivity index is 1.69. The molecule has 4 nitrogen and oxygen atoms in total. The van der Waals surface area contributed by atoms with E-state index in [0.29, 0.717) is 11.1 Å². The molecule has 1 aliphatic heterocycles. The molecule has 0 saturated carbocycles. The largest absolute Gasteiger partial charge is 0.339 e. The van der Waals surface area contributed by atoms with Crippen molar-refractivity contribution >= 4 is 33.4 Å². The smallest absolute Gasteiger partial charge is 0.255 e. The van der Waals surface area contributed by atoms with Crippen molar-refractivity contribution in [3.05, 3.63) is 63.6 Å². The average Bonchev–Trinajstić information content (AvgIpc) is 3.12. The first-order valence-electron chi connectivity index (χ1n) is 8.01.